The van der Waals surface area contributed by atoms with Crippen LogP contribution in [0, 0.1) is 6.92 Å². The van der Waals surface area contributed by atoms with Gasteiger partial charge in [-0.2, -0.15) is 0 Å². The van der Waals surface area contributed by atoms with Crippen LogP contribution in [0.25, 0.3) is 10.2 Å². The van der Waals surface area contributed by atoms with Crippen LogP contribution in [0.2, 0.25) is 5.02 Å². The van der Waals surface area contributed by atoms with Crippen LogP contribution in [0.15, 0.2) is 29.3 Å². The maximum atomic E-state index is 12.8. The number of carbonyl (C=O) groups is 1. The van der Waals surface area contributed by atoms with Crippen LogP contribution in [0.3, 0.4) is 0 Å². The number of hydrogen-bond donors (Lipinski definition) is 1. The number of benzene rings is 1. The van der Waals surface area contributed by atoms with Gasteiger partial charge in [0.1, 0.15) is 16.0 Å². The third-order valence-corrected chi connectivity index (χ3v) is 5.37. The minimum atomic E-state index is -0.329. The molecule has 8 heteroatoms. The second-order valence-corrected chi connectivity index (χ2v) is 7.70. The number of fused-ring (bicyclic) bond motifs is 1. The van der Waals surface area contributed by atoms with E-state index in [1.165, 1.54) is 24.8 Å². The van der Waals surface area contributed by atoms with Crippen molar-refractivity contribution < 1.29 is 9.53 Å². The smallest absolute Gasteiger partial charge is 0.271 e. The highest BCUT2D eigenvalue weighted by atomic mass is 35.5. The Kier molecular flexibility index (Phi) is 5.02. The summed E-state index contributed by atoms with van der Waals surface area (Å²) >= 11 is 7.38. The topological polar surface area (TPSA) is 73.2 Å². The maximum Gasteiger partial charge on any atom is 0.271 e. The molecule has 0 fully saturated rings. The first-order valence-corrected chi connectivity index (χ1v) is 9.18. The van der Waals surface area contributed by atoms with Crippen LogP contribution < -0.4 is 15.6 Å². The van der Waals surface area contributed by atoms with Crippen LogP contribution in [-0.2, 0) is 0 Å². The van der Waals surface area contributed by atoms with Gasteiger partial charge in [0, 0.05) is 16.6 Å². The van der Waals surface area contributed by atoms with Crippen molar-refractivity contribution in [3.63, 3.8) is 0 Å². The molecular weight excluding hydrogens is 374 g/mol. The molecule has 1 amide bonds. The minimum absolute atomic E-state index is 0.000485. The summed E-state index contributed by atoms with van der Waals surface area (Å²) in [7, 11) is 1.52. The molecule has 26 heavy (non-hydrogen) atoms. The summed E-state index contributed by atoms with van der Waals surface area (Å²) in [5.41, 5.74) is 1.23. The van der Waals surface area contributed by atoms with E-state index in [2.05, 4.69) is 10.3 Å². The van der Waals surface area contributed by atoms with E-state index in [0.717, 1.165) is 4.88 Å². The van der Waals surface area contributed by atoms with E-state index < -0.39 is 0 Å². The lowest BCUT2D eigenvalue weighted by atomic mass is 10.2. The van der Waals surface area contributed by atoms with Crippen LogP contribution in [0.1, 0.15) is 35.1 Å². The lowest BCUT2D eigenvalue weighted by Crippen LogP contribution is -2.22. The van der Waals surface area contributed by atoms with Crippen LogP contribution in [0.4, 0.5) is 5.69 Å². The van der Waals surface area contributed by atoms with E-state index >= 15 is 0 Å². The first-order valence-electron chi connectivity index (χ1n) is 7.98. The fourth-order valence-electron chi connectivity index (χ4n) is 2.66. The van der Waals surface area contributed by atoms with E-state index in [0.29, 0.717) is 32.2 Å². The van der Waals surface area contributed by atoms with Crippen LogP contribution in [-0.4, -0.2) is 22.6 Å². The van der Waals surface area contributed by atoms with Gasteiger partial charge in [0.25, 0.3) is 11.5 Å². The number of halogens is 1. The number of ether oxygens (including phenoxy) is 1. The zero-order valence-electron chi connectivity index (χ0n) is 14.8. The second-order valence-electron chi connectivity index (χ2n) is 6.07. The van der Waals surface area contributed by atoms with Gasteiger partial charge in [0.05, 0.1) is 24.0 Å². The molecule has 0 atom stereocenters. The number of amides is 1. The molecule has 0 bridgehead atoms. The molecule has 0 aliphatic rings. The molecule has 1 N–H and O–H groups in total. The average Bonchev–Trinajstić information content (AvgIpc) is 2.92. The Morgan fingerprint density at radius 1 is 1.38 bits per heavy atom. The molecule has 2 heterocycles. The normalized spacial score (nSPS) is 11.2. The summed E-state index contributed by atoms with van der Waals surface area (Å²) in [5, 5.41) is 3.20. The number of anilines is 1. The molecule has 6 nitrogen and oxygen atoms in total. The zero-order valence-corrected chi connectivity index (χ0v) is 16.4. The van der Waals surface area contributed by atoms with Crippen molar-refractivity contribution in [2.75, 3.05) is 12.4 Å². The molecule has 136 valence electrons. The summed E-state index contributed by atoms with van der Waals surface area (Å²) in [4.78, 5) is 30.5. The average molecular weight is 392 g/mol. The number of aromatic nitrogens is 2. The third-order valence-electron chi connectivity index (χ3n) is 3.99. The number of carbonyl (C=O) groups excluding carboxylic acids is 1. The Morgan fingerprint density at radius 2 is 2.12 bits per heavy atom. The molecule has 3 rings (SSSR count). The van der Waals surface area contributed by atoms with Crippen molar-refractivity contribution in [1.82, 2.24) is 9.55 Å². The van der Waals surface area contributed by atoms with Crippen molar-refractivity contribution >= 4 is 44.7 Å². The van der Waals surface area contributed by atoms with Crippen LogP contribution >= 0.6 is 22.9 Å². The van der Waals surface area contributed by atoms with Gasteiger partial charge in [-0.1, -0.05) is 11.6 Å². The molecule has 0 unspecified atom stereocenters. The van der Waals surface area contributed by atoms with Gasteiger partial charge in [-0.3, -0.25) is 14.2 Å². The van der Waals surface area contributed by atoms with Crippen molar-refractivity contribution in [3.05, 3.63) is 50.3 Å². The van der Waals surface area contributed by atoms with Gasteiger partial charge in [-0.25, -0.2) is 4.98 Å². The van der Waals surface area contributed by atoms with Gasteiger partial charge in [0.2, 0.25) is 0 Å². The Bertz CT molecular complexity index is 1060. The van der Waals surface area contributed by atoms with E-state index in [4.69, 9.17) is 16.3 Å². The molecule has 2 aromatic heterocycles. The number of hydrogen-bond acceptors (Lipinski definition) is 5. The molecule has 3 aromatic rings. The lowest BCUT2D eigenvalue weighted by Gasteiger charge is -2.09. The number of aryl methyl sites for hydroxylation is 1. The molecule has 0 aliphatic heterocycles. The Balaban J connectivity index is 2.01. The SMILES string of the molecule is COc1ccc(NC(=O)c2c(C)sc3c(=O)n(C(C)C)cnc23)cc1Cl. The third kappa shape index (κ3) is 3.20. The first-order chi connectivity index (χ1) is 12.3. The van der Waals surface area contributed by atoms with Gasteiger partial charge in [-0.15, -0.1) is 11.3 Å². The van der Waals surface area contributed by atoms with Crippen LogP contribution in [0.5, 0.6) is 5.75 Å². The summed E-state index contributed by atoms with van der Waals surface area (Å²) in [6.45, 7) is 5.63. The zero-order chi connectivity index (χ0) is 19.0. The fourth-order valence-corrected chi connectivity index (χ4v) is 3.96. The van der Waals surface area contributed by atoms with Crippen molar-refractivity contribution in [3.8, 4) is 5.75 Å². The molecule has 1 aromatic carbocycles. The van der Waals surface area contributed by atoms with E-state index in [1.807, 2.05) is 13.8 Å². The highest BCUT2D eigenvalue weighted by Gasteiger charge is 2.21. The number of rotatable bonds is 4. The number of methoxy groups -OCH3 is 1. The molecule has 0 radical (unpaired) electrons. The van der Waals surface area contributed by atoms with Crippen molar-refractivity contribution in [2.45, 2.75) is 26.8 Å². The first kappa shape index (κ1) is 18.4. The number of nitrogens with zero attached hydrogens (tertiary/aromatic N) is 2. The Labute approximate surface area is 159 Å². The molecule has 0 saturated heterocycles. The molecule has 0 saturated carbocycles. The quantitative estimate of drug-likeness (QED) is 0.721. The van der Waals surface area contributed by atoms with Gasteiger partial charge in [0.15, 0.2) is 0 Å². The van der Waals surface area contributed by atoms with E-state index in [1.54, 1.807) is 29.7 Å². The van der Waals surface area contributed by atoms with Gasteiger partial charge < -0.3 is 10.1 Å². The van der Waals surface area contributed by atoms with Crippen molar-refractivity contribution in [2.24, 2.45) is 0 Å². The van der Waals surface area contributed by atoms with Gasteiger partial charge >= 0.3 is 0 Å². The lowest BCUT2D eigenvalue weighted by molar-refractivity contribution is 0.102. The largest absolute Gasteiger partial charge is 0.495 e. The summed E-state index contributed by atoms with van der Waals surface area (Å²) < 4.78 is 7.15. The highest BCUT2D eigenvalue weighted by Crippen LogP contribution is 2.30. The maximum absolute atomic E-state index is 12.8. The second kappa shape index (κ2) is 7.09. The predicted octanol–water partition coefficient (Wildman–Crippen LogP) is 4.26. The van der Waals surface area contributed by atoms with Gasteiger partial charge in [-0.05, 0) is 39.0 Å². The Morgan fingerprint density at radius 3 is 2.73 bits per heavy atom. The predicted molar refractivity (Wildman–Crippen MR) is 105 cm³/mol. The summed E-state index contributed by atoms with van der Waals surface area (Å²) in [5.74, 6) is 0.196. The number of thiophene rings is 1. The van der Waals surface area contributed by atoms with E-state index in [-0.39, 0.29) is 17.5 Å². The summed E-state index contributed by atoms with van der Waals surface area (Å²) in [6.07, 6.45) is 1.49. The van der Waals surface area contributed by atoms with E-state index in [9.17, 15) is 9.59 Å². The summed E-state index contributed by atoms with van der Waals surface area (Å²) in [6, 6.07) is 4.99. The monoisotopic (exact) mass is 391 g/mol. The molecular formula is C18H18ClN3O3S. The number of nitrogens with one attached hydrogen (secondary N) is 1. The Hall–Kier alpha value is -2.38. The standard InChI is InChI=1S/C18H18ClN3O3S/c1-9(2)22-8-20-15-14(10(3)26-16(15)18(22)24)17(23)21-11-5-6-13(25-4)12(19)7-11/h5-9H,1-4H3,(H,21,23). The molecule has 0 spiro atoms. The molecule has 0 aliphatic carbocycles. The highest BCUT2D eigenvalue weighted by molar-refractivity contribution is 7.19. The van der Waals surface area contributed by atoms with Crippen molar-refractivity contribution in [1.29, 1.82) is 0 Å². The minimum Gasteiger partial charge on any atom is -0.495 e. The fraction of sp³-hybridized carbons (Fsp3) is 0.278.